The molecule has 0 radical (unpaired) electrons. The van der Waals surface area contributed by atoms with Crippen LogP contribution in [0.1, 0.15) is 36.7 Å². The van der Waals surface area contributed by atoms with Crippen molar-refractivity contribution in [2.75, 3.05) is 6.54 Å². The third-order valence-corrected chi connectivity index (χ3v) is 5.71. The van der Waals surface area contributed by atoms with E-state index in [1.54, 1.807) is 34.5 Å². The Morgan fingerprint density at radius 2 is 2.15 bits per heavy atom. The number of carbonyl (C=O) groups excluding carboxylic acids is 1. The molecule has 4 rings (SSSR count). The minimum absolute atomic E-state index is 0.0510. The highest BCUT2D eigenvalue weighted by atomic mass is 32.1. The number of likely N-dealkylation sites (tertiary alicyclic amines) is 1. The Labute approximate surface area is 155 Å². The van der Waals surface area contributed by atoms with Gasteiger partial charge in [0.2, 0.25) is 5.91 Å². The van der Waals surface area contributed by atoms with E-state index >= 15 is 0 Å². The lowest BCUT2D eigenvalue weighted by atomic mass is 10.2. The van der Waals surface area contributed by atoms with Crippen LogP contribution in [0.2, 0.25) is 0 Å². The minimum Gasteiger partial charge on any atom is -0.333 e. The molecular formula is C19H20N4O2S. The SMILES string of the molecule is O=C(CCCn1cnc2ccccc2c1=O)N1CCCC1c1nccs1. The Morgan fingerprint density at radius 1 is 1.27 bits per heavy atom. The predicted octanol–water partition coefficient (Wildman–Crippen LogP) is 3.00. The first-order valence-electron chi connectivity index (χ1n) is 8.87. The summed E-state index contributed by atoms with van der Waals surface area (Å²) in [6.45, 7) is 1.29. The average Bonchev–Trinajstić information content (AvgIpc) is 3.35. The van der Waals surface area contributed by atoms with Gasteiger partial charge in [0.15, 0.2) is 0 Å². The highest BCUT2D eigenvalue weighted by Gasteiger charge is 2.31. The summed E-state index contributed by atoms with van der Waals surface area (Å²) in [4.78, 5) is 35.8. The summed E-state index contributed by atoms with van der Waals surface area (Å²) in [5, 5.41) is 3.59. The van der Waals surface area contributed by atoms with E-state index in [4.69, 9.17) is 0 Å². The summed E-state index contributed by atoms with van der Waals surface area (Å²) in [6.07, 6.45) is 6.42. The van der Waals surface area contributed by atoms with Gasteiger partial charge in [0.05, 0.1) is 23.3 Å². The maximum absolute atomic E-state index is 12.6. The topological polar surface area (TPSA) is 68.1 Å². The first-order valence-corrected chi connectivity index (χ1v) is 9.75. The first-order chi connectivity index (χ1) is 12.7. The van der Waals surface area contributed by atoms with Gasteiger partial charge in [-0.1, -0.05) is 12.1 Å². The number of hydrogen-bond donors (Lipinski definition) is 0. The number of nitrogens with zero attached hydrogens (tertiary/aromatic N) is 4. The van der Waals surface area contributed by atoms with Crippen LogP contribution >= 0.6 is 11.3 Å². The molecule has 1 saturated heterocycles. The number of rotatable bonds is 5. The van der Waals surface area contributed by atoms with E-state index in [0.29, 0.717) is 30.3 Å². The molecule has 0 aliphatic carbocycles. The molecule has 1 aliphatic rings. The van der Waals surface area contributed by atoms with Gasteiger partial charge in [-0.05, 0) is 31.4 Å². The summed E-state index contributed by atoms with van der Waals surface area (Å²) in [5.41, 5.74) is 0.651. The Kier molecular flexibility index (Phi) is 4.79. The van der Waals surface area contributed by atoms with Crippen molar-refractivity contribution in [3.63, 3.8) is 0 Å². The zero-order chi connectivity index (χ0) is 17.9. The standard InChI is InChI=1S/C19H20N4O2S/c24-17(23-11-3-7-16(23)18-20-9-12-26-18)8-4-10-22-13-21-15-6-2-1-5-14(15)19(22)25/h1-2,5-6,9,12-13,16H,3-4,7-8,10-11H2. The molecule has 3 aromatic rings. The van der Waals surface area contributed by atoms with Gasteiger partial charge in [-0.2, -0.15) is 0 Å². The zero-order valence-electron chi connectivity index (χ0n) is 14.4. The van der Waals surface area contributed by atoms with Crippen molar-refractivity contribution in [2.45, 2.75) is 38.3 Å². The molecule has 6 nitrogen and oxygen atoms in total. The molecule has 0 saturated carbocycles. The quantitative estimate of drug-likeness (QED) is 0.694. The number of carbonyl (C=O) groups is 1. The van der Waals surface area contributed by atoms with Gasteiger partial charge in [0, 0.05) is 31.1 Å². The molecule has 0 N–H and O–H groups in total. The van der Waals surface area contributed by atoms with Crippen LogP contribution in [0, 0.1) is 0 Å². The van der Waals surface area contributed by atoms with Gasteiger partial charge in [0.25, 0.3) is 5.56 Å². The van der Waals surface area contributed by atoms with E-state index < -0.39 is 0 Å². The molecule has 0 bridgehead atoms. The van der Waals surface area contributed by atoms with Crippen molar-refractivity contribution in [2.24, 2.45) is 0 Å². The maximum Gasteiger partial charge on any atom is 0.261 e. The third-order valence-electron chi connectivity index (χ3n) is 4.83. The Balaban J connectivity index is 1.39. The minimum atomic E-state index is -0.0510. The third kappa shape index (κ3) is 3.26. The molecule has 7 heteroatoms. The second-order valence-corrected chi connectivity index (χ2v) is 7.41. The van der Waals surface area contributed by atoms with Crippen LogP contribution in [0.15, 0.2) is 47.0 Å². The van der Waals surface area contributed by atoms with Crippen molar-refractivity contribution >= 4 is 28.1 Å². The number of para-hydroxylation sites is 1. The predicted molar refractivity (Wildman–Crippen MR) is 101 cm³/mol. The van der Waals surface area contributed by atoms with E-state index in [1.807, 2.05) is 28.5 Å². The largest absolute Gasteiger partial charge is 0.333 e. The van der Waals surface area contributed by atoms with Crippen LogP contribution in [0.3, 0.4) is 0 Å². The van der Waals surface area contributed by atoms with E-state index in [9.17, 15) is 9.59 Å². The number of aromatic nitrogens is 3. The molecule has 3 heterocycles. The molecule has 134 valence electrons. The molecule has 26 heavy (non-hydrogen) atoms. The number of benzene rings is 1. The maximum atomic E-state index is 12.6. The Hall–Kier alpha value is -2.54. The van der Waals surface area contributed by atoms with Gasteiger partial charge >= 0.3 is 0 Å². The van der Waals surface area contributed by atoms with Gasteiger partial charge in [0.1, 0.15) is 5.01 Å². The molecule has 0 spiro atoms. The van der Waals surface area contributed by atoms with Crippen molar-refractivity contribution in [3.05, 3.63) is 57.5 Å². The Bertz CT molecular complexity index is 967. The molecular weight excluding hydrogens is 348 g/mol. The lowest BCUT2D eigenvalue weighted by molar-refractivity contribution is -0.132. The lowest BCUT2D eigenvalue weighted by Crippen LogP contribution is -2.30. The molecule has 1 aliphatic heterocycles. The summed E-state index contributed by atoms with van der Waals surface area (Å²) in [6, 6.07) is 7.44. The number of thiazole rings is 1. The summed E-state index contributed by atoms with van der Waals surface area (Å²) in [7, 11) is 0. The van der Waals surface area contributed by atoms with E-state index in [-0.39, 0.29) is 17.5 Å². The number of fused-ring (bicyclic) bond motifs is 1. The van der Waals surface area contributed by atoms with Crippen LogP contribution in [-0.2, 0) is 11.3 Å². The van der Waals surface area contributed by atoms with E-state index in [1.165, 1.54) is 0 Å². The Morgan fingerprint density at radius 3 is 3.00 bits per heavy atom. The van der Waals surface area contributed by atoms with Crippen LogP contribution in [0.5, 0.6) is 0 Å². The first kappa shape index (κ1) is 16.9. The van der Waals surface area contributed by atoms with Gasteiger partial charge in [-0.25, -0.2) is 9.97 Å². The monoisotopic (exact) mass is 368 g/mol. The zero-order valence-corrected chi connectivity index (χ0v) is 15.2. The van der Waals surface area contributed by atoms with Gasteiger partial charge in [-0.15, -0.1) is 11.3 Å². The smallest absolute Gasteiger partial charge is 0.261 e. The van der Waals surface area contributed by atoms with E-state index in [0.717, 1.165) is 24.4 Å². The van der Waals surface area contributed by atoms with Crippen LogP contribution in [-0.4, -0.2) is 31.9 Å². The highest BCUT2D eigenvalue weighted by Crippen LogP contribution is 2.33. The molecule has 1 unspecified atom stereocenters. The molecule has 2 aromatic heterocycles. The number of amides is 1. The van der Waals surface area contributed by atoms with Crippen molar-refractivity contribution in [1.29, 1.82) is 0 Å². The van der Waals surface area contributed by atoms with Crippen molar-refractivity contribution in [3.8, 4) is 0 Å². The highest BCUT2D eigenvalue weighted by molar-refractivity contribution is 7.09. The van der Waals surface area contributed by atoms with Crippen molar-refractivity contribution < 1.29 is 4.79 Å². The van der Waals surface area contributed by atoms with Crippen LogP contribution < -0.4 is 5.56 Å². The fourth-order valence-electron chi connectivity index (χ4n) is 3.53. The second kappa shape index (κ2) is 7.37. The normalized spacial score (nSPS) is 17.1. The lowest BCUT2D eigenvalue weighted by Gasteiger charge is -2.23. The summed E-state index contributed by atoms with van der Waals surface area (Å²) < 4.78 is 1.60. The summed E-state index contributed by atoms with van der Waals surface area (Å²) >= 11 is 1.61. The molecule has 1 atom stereocenters. The van der Waals surface area contributed by atoms with Crippen LogP contribution in [0.25, 0.3) is 10.9 Å². The van der Waals surface area contributed by atoms with Crippen molar-refractivity contribution in [1.82, 2.24) is 19.4 Å². The van der Waals surface area contributed by atoms with Gasteiger partial charge in [-0.3, -0.25) is 14.2 Å². The van der Waals surface area contributed by atoms with Crippen LogP contribution in [0.4, 0.5) is 0 Å². The summed E-state index contributed by atoms with van der Waals surface area (Å²) in [5.74, 6) is 0.143. The molecule has 1 amide bonds. The fourth-order valence-corrected chi connectivity index (χ4v) is 4.32. The number of hydrogen-bond acceptors (Lipinski definition) is 5. The molecule has 1 aromatic carbocycles. The average molecular weight is 368 g/mol. The van der Waals surface area contributed by atoms with E-state index in [2.05, 4.69) is 9.97 Å². The number of aryl methyl sites for hydroxylation is 1. The molecule has 1 fully saturated rings. The second-order valence-electron chi connectivity index (χ2n) is 6.48. The van der Waals surface area contributed by atoms with Gasteiger partial charge < -0.3 is 4.90 Å². The fraction of sp³-hybridized carbons (Fsp3) is 0.368.